The molecule has 0 unspecified atom stereocenters. The van der Waals surface area contributed by atoms with E-state index in [-0.39, 0.29) is 5.91 Å². The first-order valence-electron chi connectivity index (χ1n) is 6.96. The molecule has 2 rings (SSSR count). The number of benzene rings is 1. The van der Waals surface area contributed by atoms with Crippen molar-refractivity contribution in [3.05, 3.63) is 28.8 Å². The number of likely N-dealkylation sites (tertiary alicyclic amines) is 1. The monoisotopic (exact) mass is 280 g/mol. The number of rotatable bonds is 3. The molecule has 0 spiro atoms. The van der Waals surface area contributed by atoms with Gasteiger partial charge in [0.1, 0.15) is 0 Å². The lowest BCUT2D eigenvalue weighted by Crippen LogP contribution is -2.38. The van der Waals surface area contributed by atoms with Crippen LogP contribution in [-0.4, -0.2) is 23.9 Å². The third kappa shape index (κ3) is 3.41. The van der Waals surface area contributed by atoms with Gasteiger partial charge in [-0.05, 0) is 37.0 Å². The summed E-state index contributed by atoms with van der Waals surface area (Å²) < 4.78 is 0. The van der Waals surface area contributed by atoms with Crippen LogP contribution in [0.3, 0.4) is 0 Å². The van der Waals surface area contributed by atoms with Crippen molar-refractivity contribution in [1.29, 1.82) is 0 Å². The molecule has 1 aromatic carbocycles. The number of carbonyl (C=O) groups excluding carboxylic acids is 1. The maximum absolute atomic E-state index is 12.4. The van der Waals surface area contributed by atoms with Gasteiger partial charge in [-0.25, -0.2) is 0 Å². The molecule has 0 aromatic heterocycles. The lowest BCUT2D eigenvalue weighted by Gasteiger charge is -2.32. The molecular formula is C15H21ClN2O. The van der Waals surface area contributed by atoms with E-state index in [0.717, 1.165) is 31.8 Å². The summed E-state index contributed by atoms with van der Waals surface area (Å²) in [5.41, 5.74) is 6.85. The number of nitrogen functional groups attached to an aromatic ring is 1. The van der Waals surface area contributed by atoms with Crippen molar-refractivity contribution in [3.8, 4) is 0 Å². The summed E-state index contributed by atoms with van der Waals surface area (Å²) in [6, 6.07) is 5.11. The molecule has 19 heavy (non-hydrogen) atoms. The van der Waals surface area contributed by atoms with Gasteiger partial charge in [-0.15, -0.1) is 0 Å². The van der Waals surface area contributed by atoms with Crippen LogP contribution in [0.4, 0.5) is 5.69 Å². The highest BCUT2D eigenvalue weighted by Crippen LogP contribution is 2.24. The van der Waals surface area contributed by atoms with Crippen LogP contribution >= 0.6 is 11.6 Å². The Morgan fingerprint density at radius 2 is 2.11 bits per heavy atom. The van der Waals surface area contributed by atoms with Crippen LogP contribution in [0.2, 0.25) is 5.02 Å². The molecule has 1 amide bonds. The molecule has 2 N–H and O–H groups in total. The second kappa shape index (κ2) is 6.29. The summed E-state index contributed by atoms with van der Waals surface area (Å²) in [5, 5.41) is 0.498. The molecule has 0 atom stereocenters. The minimum atomic E-state index is 0.0679. The standard InChI is InChI=1S/C15H21ClN2O/c1-2-3-11-6-8-18(9-7-11)15(19)12-4-5-13(16)14(17)10-12/h4-5,10-11H,2-3,6-9,17H2,1H3. The summed E-state index contributed by atoms with van der Waals surface area (Å²) in [6.07, 6.45) is 4.73. The van der Waals surface area contributed by atoms with Crippen LogP contribution in [0.1, 0.15) is 43.0 Å². The number of anilines is 1. The van der Waals surface area contributed by atoms with Crippen LogP contribution in [-0.2, 0) is 0 Å². The molecule has 3 nitrogen and oxygen atoms in total. The molecule has 4 heteroatoms. The highest BCUT2D eigenvalue weighted by molar-refractivity contribution is 6.33. The predicted molar refractivity (Wildman–Crippen MR) is 79.4 cm³/mol. The van der Waals surface area contributed by atoms with E-state index in [0.29, 0.717) is 16.3 Å². The third-order valence-corrected chi connectivity index (χ3v) is 4.19. The van der Waals surface area contributed by atoms with Gasteiger partial charge in [0, 0.05) is 18.7 Å². The Morgan fingerprint density at radius 1 is 1.42 bits per heavy atom. The average Bonchev–Trinajstić information content (AvgIpc) is 2.42. The van der Waals surface area contributed by atoms with Crippen molar-refractivity contribution in [3.63, 3.8) is 0 Å². The lowest BCUT2D eigenvalue weighted by molar-refractivity contribution is 0.0686. The summed E-state index contributed by atoms with van der Waals surface area (Å²) in [4.78, 5) is 14.3. The number of hydrogen-bond donors (Lipinski definition) is 1. The Hall–Kier alpha value is -1.22. The van der Waals surface area contributed by atoms with E-state index in [4.69, 9.17) is 17.3 Å². The zero-order chi connectivity index (χ0) is 13.8. The third-order valence-electron chi connectivity index (χ3n) is 3.84. The smallest absolute Gasteiger partial charge is 0.253 e. The van der Waals surface area contributed by atoms with Gasteiger partial charge in [-0.2, -0.15) is 0 Å². The Balaban J connectivity index is 1.99. The number of nitrogens with two attached hydrogens (primary N) is 1. The molecule has 104 valence electrons. The zero-order valence-electron chi connectivity index (χ0n) is 11.4. The number of nitrogens with zero attached hydrogens (tertiary/aromatic N) is 1. The minimum Gasteiger partial charge on any atom is -0.398 e. The van der Waals surface area contributed by atoms with Crippen LogP contribution in [0.5, 0.6) is 0 Å². The number of carbonyl (C=O) groups is 1. The Kier molecular flexibility index (Phi) is 4.70. The number of hydrogen-bond acceptors (Lipinski definition) is 2. The highest BCUT2D eigenvalue weighted by Gasteiger charge is 2.23. The van der Waals surface area contributed by atoms with Gasteiger partial charge in [-0.1, -0.05) is 31.4 Å². The molecule has 1 heterocycles. The van der Waals surface area contributed by atoms with E-state index in [2.05, 4.69) is 6.92 Å². The van der Waals surface area contributed by atoms with E-state index in [9.17, 15) is 4.79 Å². The van der Waals surface area contributed by atoms with Gasteiger partial charge < -0.3 is 10.6 Å². The molecule has 1 saturated heterocycles. The summed E-state index contributed by atoms with van der Waals surface area (Å²) in [5.74, 6) is 0.850. The quantitative estimate of drug-likeness (QED) is 0.860. The highest BCUT2D eigenvalue weighted by atomic mass is 35.5. The second-order valence-electron chi connectivity index (χ2n) is 5.26. The first-order valence-corrected chi connectivity index (χ1v) is 7.34. The summed E-state index contributed by atoms with van der Waals surface area (Å²) in [7, 11) is 0. The Bertz CT molecular complexity index is 453. The van der Waals surface area contributed by atoms with Gasteiger partial charge in [0.2, 0.25) is 0 Å². The van der Waals surface area contributed by atoms with Crippen molar-refractivity contribution in [2.24, 2.45) is 5.92 Å². The van der Waals surface area contributed by atoms with Crippen molar-refractivity contribution in [2.75, 3.05) is 18.8 Å². The first-order chi connectivity index (χ1) is 9.11. The van der Waals surface area contributed by atoms with Crippen LogP contribution in [0.25, 0.3) is 0 Å². The van der Waals surface area contributed by atoms with Crippen LogP contribution in [0.15, 0.2) is 18.2 Å². The minimum absolute atomic E-state index is 0.0679. The fraction of sp³-hybridized carbons (Fsp3) is 0.533. The van der Waals surface area contributed by atoms with Crippen molar-refractivity contribution >= 4 is 23.2 Å². The van der Waals surface area contributed by atoms with Gasteiger partial charge in [0.15, 0.2) is 0 Å². The van der Waals surface area contributed by atoms with Crippen LogP contribution in [0, 0.1) is 5.92 Å². The van der Waals surface area contributed by atoms with Gasteiger partial charge in [-0.3, -0.25) is 4.79 Å². The fourth-order valence-electron chi connectivity index (χ4n) is 2.69. The van der Waals surface area contributed by atoms with E-state index in [1.54, 1.807) is 18.2 Å². The fourth-order valence-corrected chi connectivity index (χ4v) is 2.81. The molecule has 0 aliphatic carbocycles. The summed E-state index contributed by atoms with van der Waals surface area (Å²) >= 11 is 5.88. The van der Waals surface area contributed by atoms with E-state index in [1.165, 1.54) is 12.8 Å². The van der Waals surface area contributed by atoms with Crippen LogP contribution < -0.4 is 5.73 Å². The van der Waals surface area contributed by atoms with E-state index in [1.807, 2.05) is 4.90 Å². The molecule has 1 fully saturated rings. The maximum Gasteiger partial charge on any atom is 0.253 e. The Morgan fingerprint density at radius 3 is 2.68 bits per heavy atom. The van der Waals surface area contributed by atoms with Gasteiger partial charge in [0.05, 0.1) is 10.7 Å². The van der Waals surface area contributed by atoms with Gasteiger partial charge >= 0.3 is 0 Å². The van der Waals surface area contributed by atoms with Crippen molar-refractivity contribution in [1.82, 2.24) is 4.90 Å². The van der Waals surface area contributed by atoms with Gasteiger partial charge in [0.25, 0.3) is 5.91 Å². The molecule has 0 saturated carbocycles. The SMILES string of the molecule is CCCC1CCN(C(=O)c2ccc(Cl)c(N)c2)CC1. The van der Waals surface area contributed by atoms with E-state index >= 15 is 0 Å². The molecule has 1 aromatic rings. The second-order valence-corrected chi connectivity index (χ2v) is 5.67. The zero-order valence-corrected chi connectivity index (χ0v) is 12.1. The topological polar surface area (TPSA) is 46.3 Å². The Labute approximate surface area is 119 Å². The number of halogens is 1. The molecular weight excluding hydrogens is 260 g/mol. The van der Waals surface area contributed by atoms with Crippen molar-refractivity contribution in [2.45, 2.75) is 32.6 Å². The first kappa shape index (κ1) is 14.2. The normalized spacial score (nSPS) is 16.6. The number of piperidine rings is 1. The van der Waals surface area contributed by atoms with E-state index < -0.39 is 0 Å². The molecule has 1 aliphatic rings. The molecule has 0 radical (unpaired) electrons. The maximum atomic E-state index is 12.4. The average molecular weight is 281 g/mol. The molecule has 0 bridgehead atoms. The lowest BCUT2D eigenvalue weighted by atomic mass is 9.92. The number of amides is 1. The summed E-state index contributed by atoms with van der Waals surface area (Å²) in [6.45, 7) is 3.92. The van der Waals surface area contributed by atoms with Crippen molar-refractivity contribution < 1.29 is 4.79 Å². The largest absolute Gasteiger partial charge is 0.398 e. The predicted octanol–water partition coefficient (Wildman–Crippen LogP) is 3.57. The molecule has 1 aliphatic heterocycles.